The monoisotopic (exact) mass is 307 g/mol. The van der Waals surface area contributed by atoms with Crippen LogP contribution in [0, 0.1) is 0 Å². The van der Waals surface area contributed by atoms with Crippen LogP contribution in [0.15, 0.2) is 30.3 Å². The van der Waals surface area contributed by atoms with Crippen LogP contribution in [0.25, 0.3) is 0 Å². The van der Waals surface area contributed by atoms with E-state index in [0.717, 1.165) is 12.2 Å². The molecule has 1 aromatic carbocycles. The number of carbonyl (C=O) groups excluding carboxylic acids is 2. The number of likely N-dealkylation sites (tertiary alicyclic amines) is 1. The summed E-state index contributed by atoms with van der Waals surface area (Å²) >= 11 is 1.59. The number of esters is 1. The molecule has 2 rings (SSSR count). The number of amides is 1. The second kappa shape index (κ2) is 8.08. The fraction of sp³-hybridized carbons (Fsp3) is 0.500. The molecule has 1 heterocycles. The maximum absolute atomic E-state index is 12.3. The van der Waals surface area contributed by atoms with Crippen molar-refractivity contribution < 1.29 is 14.3 Å². The van der Waals surface area contributed by atoms with Crippen LogP contribution in [-0.4, -0.2) is 41.7 Å². The molecule has 0 aliphatic carbocycles. The molecule has 114 valence electrons. The van der Waals surface area contributed by atoms with Gasteiger partial charge in [-0.2, -0.15) is 0 Å². The van der Waals surface area contributed by atoms with E-state index in [1.54, 1.807) is 23.6 Å². The number of benzene rings is 1. The molecular formula is C16H21NO3S. The summed E-state index contributed by atoms with van der Waals surface area (Å²) in [5, 5.41) is 0. The third kappa shape index (κ3) is 4.49. The van der Waals surface area contributed by atoms with Gasteiger partial charge in [0.1, 0.15) is 6.04 Å². The van der Waals surface area contributed by atoms with E-state index in [4.69, 9.17) is 4.74 Å². The molecule has 0 radical (unpaired) electrons. The molecular weight excluding hydrogens is 286 g/mol. The minimum Gasteiger partial charge on any atom is -0.464 e. The van der Waals surface area contributed by atoms with Gasteiger partial charge in [-0.15, -0.1) is 11.8 Å². The van der Waals surface area contributed by atoms with Gasteiger partial charge in [0, 0.05) is 12.3 Å². The second-order valence-electron chi connectivity index (χ2n) is 4.98. The van der Waals surface area contributed by atoms with E-state index < -0.39 is 0 Å². The van der Waals surface area contributed by atoms with E-state index in [9.17, 15) is 9.59 Å². The van der Waals surface area contributed by atoms with Gasteiger partial charge in [-0.3, -0.25) is 4.79 Å². The average molecular weight is 307 g/mol. The molecule has 1 atom stereocenters. The third-order valence-electron chi connectivity index (χ3n) is 3.47. The molecule has 0 bridgehead atoms. The van der Waals surface area contributed by atoms with Crippen LogP contribution in [0.2, 0.25) is 0 Å². The van der Waals surface area contributed by atoms with Gasteiger partial charge in [-0.1, -0.05) is 30.3 Å². The summed E-state index contributed by atoms with van der Waals surface area (Å²) in [6, 6.07) is 9.69. The Morgan fingerprint density at radius 2 is 2.10 bits per heavy atom. The van der Waals surface area contributed by atoms with Gasteiger partial charge in [-0.05, 0) is 25.3 Å². The van der Waals surface area contributed by atoms with E-state index in [-0.39, 0.29) is 17.9 Å². The summed E-state index contributed by atoms with van der Waals surface area (Å²) in [6.07, 6.45) is 1.59. The smallest absolute Gasteiger partial charge is 0.328 e. The Labute approximate surface area is 129 Å². The Kier molecular flexibility index (Phi) is 6.11. The van der Waals surface area contributed by atoms with Gasteiger partial charge >= 0.3 is 5.97 Å². The van der Waals surface area contributed by atoms with Crippen molar-refractivity contribution in [1.29, 1.82) is 0 Å². The predicted octanol–water partition coefficient (Wildman–Crippen LogP) is 2.47. The maximum atomic E-state index is 12.3. The van der Waals surface area contributed by atoms with Crippen molar-refractivity contribution in [2.45, 2.75) is 31.6 Å². The largest absolute Gasteiger partial charge is 0.464 e. The number of thioether (sulfide) groups is 1. The van der Waals surface area contributed by atoms with Crippen LogP contribution in [0.5, 0.6) is 0 Å². The summed E-state index contributed by atoms with van der Waals surface area (Å²) < 4.78 is 5.04. The van der Waals surface area contributed by atoms with Crippen molar-refractivity contribution in [2.24, 2.45) is 0 Å². The Morgan fingerprint density at radius 1 is 1.33 bits per heavy atom. The Bertz CT molecular complexity index is 478. The van der Waals surface area contributed by atoms with E-state index in [1.165, 1.54) is 5.56 Å². The molecule has 0 aromatic heterocycles. The van der Waals surface area contributed by atoms with E-state index in [1.807, 2.05) is 18.2 Å². The summed E-state index contributed by atoms with van der Waals surface area (Å²) in [4.78, 5) is 25.8. The van der Waals surface area contributed by atoms with Crippen LogP contribution < -0.4 is 0 Å². The number of hydrogen-bond donors (Lipinski definition) is 0. The number of ether oxygens (including phenoxy) is 1. The Hall–Kier alpha value is -1.49. The highest BCUT2D eigenvalue weighted by molar-refractivity contribution is 7.99. The zero-order valence-electron chi connectivity index (χ0n) is 12.3. The lowest BCUT2D eigenvalue weighted by molar-refractivity contribution is -0.152. The van der Waals surface area contributed by atoms with Crippen molar-refractivity contribution in [3.63, 3.8) is 0 Å². The Balaban J connectivity index is 1.80. The zero-order valence-corrected chi connectivity index (χ0v) is 13.1. The van der Waals surface area contributed by atoms with Gasteiger partial charge < -0.3 is 9.64 Å². The van der Waals surface area contributed by atoms with Crippen LogP contribution in [0.1, 0.15) is 25.3 Å². The number of hydrogen-bond acceptors (Lipinski definition) is 4. The number of rotatable bonds is 6. The van der Waals surface area contributed by atoms with Crippen molar-refractivity contribution in [1.82, 2.24) is 4.90 Å². The van der Waals surface area contributed by atoms with E-state index >= 15 is 0 Å². The van der Waals surface area contributed by atoms with Gasteiger partial charge in [0.25, 0.3) is 0 Å². The lowest BCUT2D eigenvalue weighted by Gasteiger charge is -2.22. The standard InChI is InChI=1S/C16H21NO3S/c1-2-20-16(19)14-9-6-10-17(14)15(18)12-21-11-13-7-4-3-5-8-13/h3-5,7-8,14H,2,6,9-12H2,1H3. The minimum atomic E-state index is -0.380. The maximum Gasteiger partial charge on any atom is 0.328 e. The highest BCUT2D eigenvalue weighted by atomic mass is 32.2. The van der Waals surface area contributed by atoms with Gasteiger partial charge in [-0.25, -0.2) is 4.79 Å². The summed E-state index contributed by atoms with van der Waals surface area (Å²) in [5.41, 5.74) is 1.21. The van der Waals surface area contributed by atoms with Gasteiger partial charge in [0.15, 0.2) is 0 Å². The van der Waals surface area contributed by atoms with Crippen molar-refractivity contribution in [2.75, 3.05) is 18.9 Å². The molecule has 0 saturated carbocycles. The fourth-order valence-corrected chi connectivity index (χ4v) is 3.33. The van der Waals surface area contributed by atoms with E-state index in [2.05, 4.69) is 12.1 Å². The molecule has 5 heteroatoms. The summed E-state index contributed by atoms with van der Waals surface area (Å²) in [5.74, 6) is 0.984. The first-order valence-corrected chi connectivity index (χ1v) is 8.45. The van der Waals surface area contributed by atoms with Crippen LogP contribution >= 0.6 is 11.8 Å². The quantitative estimate of drug-likeness (QED) is 0.758. The molecule has 1 aromatic rings. The van der Waals surface area contributed by atoms with Crippen molar-refractivity contribution >= 4 is 23.6 Å². The molecule has 1 unspecified atom stereocenters. The third-order valence-corrected chi connectivity index (χ3v) is 4.46. The summed E-state index contributed by atoms with van der Waals surface area (Å²) in [7, 11) is 0. The molecule has 4 nitrogen and oxygen atoms in total. The molecule has 0 spiro atoms. The first kappa shape index (κ1) is 15.9. The number of nitrogens with zero attached hydrogens (tertiary/aromatic N) is 1. The number of carbonyl (C=O) groups is 2. The fourth-order valence-electron chi connectivity index (χ4n) is 2.46. The lowest BCUT2D eigenvalue weighted by atomic mass is 10.2. The molecule has 0 N–H and O–H groups in total. The normalized spacial score (nSPS) is 17.8. The first-order chi connectivity index (χ1) is 10.2. The molecule has 21 heavy (non-hydrogen) atoms. The molecule has 1 fully saturated rings. The zero-order chi connectivity index (χ0) is 15.1. The lowest BCUT2D eigenvalue weighted by Crippen LogP contribution is -2.42. The first-order valence-electron chi connectivity index (χ1n) is 7.30. The van der Waals surface area contributed by atoms with Gasteiger partial charge in [0.2, 0.25) is 5.91 Å². The summed E-state index contributed by atoms with van der Waals surface area (Å²) in [6.45, 7) is 2.81. The molecule has 1 saturated heterocycles. The minimum absolute atomic E-state index is 0.0338. The highest BCUT2D eigenvalue weighted by Crippen LogP contribution is 2.21. The SMILES string of the molecule is CCOC(=O)C1CCCN1C(=O)CSCc1ccccc1. The van der Waals surface area contributed by atoms with Crippen LogP contribution in [0.4, 0.5) is 0 Å². The predicted molar refractivity (Wildman–Crippen MR) is 84.0 cm³/mol. The topological polar surface area (TPSA) is 46.6 Å². The highest BCUT2D eigenvalue weighted by Gasteiger charge is 2.34. The Morgan fingerprint density at radius 3 is 2.81 bits per heavy atom. The van der Waals surface area contributed by atoms with Gasteiger partial charge in [0.05, 0.1) is 12.4 Å². The van der Waals surface area contributed by atoms with Crippen LogP contribution in [0.3, 0.4) is 0 Å². The van der Waals surface area contributed by atoms with Crippen LogP contribution in [-0.2, 0) is 20.1 Å². The van der Waals surface area contributed by atoms with E-state index in [0.29, 0.717) is 25.3 Å². The molecule has 1 amide bonds. The van der Waals surface area contributed by atoms with Crippen molar-refractivity contribution in [3.05, 3.63) is 35.9 Å². The van der Waals surface area contributed by atoms with Crippen molar-refractivity contribution in [3.8, 4) is 0 Å². The average Bonchev–Trinajstić information content (AvgIpc) is 2.98. The molecule has 1 aliphatic rings. The molecule has 1 aliphatic heterocycles. The second-order valence-corrected chi connectivity index (χ2v) is 5.96.